The highest BCUT2D eigenvalue weighted by Gasteiger charge is 2.04. The summed E-state index contributed by atoms with van der Waals surface area (Å²) in [5.74, 6) is -0.772. The van der Waals surface area contributed by atoms with Crippen LogP contribution in [0.4, 0.5) is 0 Å². The summed E-state index contributed by atoms with van der Waals surface area (Å²) < 4.78 is 0. The Balaban J connectivity index is 0.000000491. The Kier molecular flexibility index (Phi) is 5.24. The smallest absolute Gasteiger partial charge is 0.300 e. The SMILES string of the molecule is C/C(O)=C\c1nc2cc(C)c(C)cc2[nH]c1=O.CC(=O)O. The molecule has 0 radical (unpaired) electrons. The molecule has 0 atom stereocenters. The molecule has 3 N–H and O–H groups in total. The summed E-state index contributed by atoms with van der Waals surface area (Å²) in [6.45, 7) is 6.57. The zero-order chi connectivity index (χ0) is 16.2. The molecule has 0 bridgehead atoms. The van der Waals surface area contributed by atoms with Crippen LogP contribution in [-0.4, -0.2) is 26.2 Å². The molecule has 0 saturated carbocycles. The third-order valence-electron chi connectivity index (χ3n) is 2.68. The van der Waals surface area contributed by atoms with Gasteiger partial charge in [-0.25, -0.2) is 4.98 Å². The highest BCUT2D eigenvalue weighted by Crippen LogP contribution is 2.15. The van der Waals surface area contributed by atoms with E-state index in [2.05, 4.69) is 9.97 Å². The summed E-state index contributed by atoms with van der Waals surface area (Å²) in [6.07, 6.45) is 1.35. The number of hydrogen-bond donors (Lipinski definition) is 3. The highest BCUT2D eigenvalue weighted by molar-refractivity contribution is 5.77. The molecular formula is C15H18N2O4. The van der Waals surface area contributed by atoms with Crippen LogP contribution in [0.3, 0.4) is 0 Å². The fourth-order valence-electron chi connectivity index (χ4n) is 1.66. The van der Waals surface area contributed by atoms with Crippen LogP contribution in [0.1, 0.15) is 30.7 Å². The molecule has 1 aromatic carbocycles. The Morgan fingerprint density at radius 3 is 2.24 bits per heavy atom. The molecule has 0 fully saturated rings. The quantitative estimate of drug-likeness (QED) is 0.700. The van der Waals surface area contributed by atoms with Gasteiger partial charge in [0.05, 0.1) is 16.8 Å². The summed E-state index contributed by atoms with van der Waals surface area (Å²) in [5, 5.41) is 16.6. The standard InChI is InChI=1S/C13H14N2O2.C2H4O2/c1-7-4-10-11(5-8(7)2)15-13(17)12(14-10)6-9(3)16;1-2(3)4/h4-6,16H,1-3H3,(H,15,17);1H3,(H,3,4)/b9-6+;. The van der Waals surface area contributed by atoms with Crippen LogP contribution >= 0.6 is 0 Å². The lowest BCUT2D eigenvalue weighted by Gasteiger charge is -2.04. The van der Waals surface area contributed by atoms with Crippen molar-refractivity contribution < 1.29 is 15.0 Å². The predicted molar refractivity (Wildman–Crippen MR) is 81.4 cm³/mol. The first kappa shape index (κ1) is 16.4. The number of aliphatic hydroxyl groups is 1. The summed E-state index contributed by atoms with van der Waals surface area (Å²) in [6, 6.07) is 3.82. The molecule has 0 aliphatic carbocycles. The molecule has 6 heteroatoms. The van der Waals surface area contributed by atoms with Crippen molar-refractivity contribution in [2.45, 2.75) is 27.7 Å². The summed E-state index contributed by atoms with van der Waals surface area (Å²) >= 11 is 0. The summed E-state index contributed by atoms with van der Waals surface area (Å²) in [4.78, 5) is 27.7. The number of allylic oxidation sites excluding steroid dienone is 1. The fraction of sp³-hybridized carbons (Fsp3) is 0.267. The van der Waals surface area contributed by atoms with Crippen molar-refractivity contribution in [3.05, 3.63) is 45.1 Å². The molecule has 112 valence electrons. The van der Waals surface area contributed by atoms with Gasteiger partial charge in [0.15, 0.2) is 0 Å². The summed E-state index contributed by atoms with van der Waals surface area (Å²) in [5.41, 5.74) is 3.59. The number of carboxylic acid groups (broad SMARTS) is 1. The summed E-state index contributed by atoms with van der Waals surface area (Å²) in [7, 11) is 0. The van der Waals surface area contributed by atoms with Crippen molar-refractivity contribution in [2.75, 3.05) is 0 Å². The minimum atomic E-state index is -0.833. The molecule has 6 nitrogen and oxygen atoms in total. The van der Waals surface area contributed by atoms with Crippen LogP contribution in [0.5, 0.6) is 0 Å². The number of carboxylic acids is 1. The Bertz CT molecular complexity index is 752. The number of aliphatic hydroxyl groups excluding tert-OH is 1. The molecule has 2 aromatic rings. The second kappa shape index (κ2) is 6.69. The van der Waals surface area contributed by atoms with Crippen LogP contribution in [0.15, 0.2) is 22.7 Å². The van der Waals surface area contributed by atoms with E-state index >= 15 is 0 Å². The second-order valence-corrected chi connectivity index (χ2v) is 4.71. The third kappa shape index (κ3) is 4.76. The normalized spacial score (nSPS) is 11.0. The molecule has 0 saturated heterocycles. The van der Waals surface area contributed by atoms with E-state index in [4.69, 9.17) is 15.0 Å². The van der Waals surface area contributed by atoms with Crippen LogP contribution in [0, 0.1) is 13.8 Å². The van der Waals surface area contributed by atoms with Gasteiger partial charge in [-0.05, 0) is 44.0 Å². The van der Waals surface area contributed by atoms with E-state index in [1.807, 2.05) is 26.0 Å². The number of aromatic nitrogens is 2. The van der Waals surface area contributed by atoms with Gasteiger partial charge in [0.2, 0.25) is 0 Å². The van der Waals surface area contributed by atoms with Gasteiger partial charge in [0, 0.05) is 13.0 Å². The zero-order valence-corrected chi connectivity index (χ0v) is 12.4. The van der Waals surface area contributed by atoms with Crippen LogP contribution in [0.25, 0.3) is 17.1 Å². The van der Waals surface area contributed by atoms with Crippen molar-refractivity contribution in [3.8, 4) is 0 Å². The monoisotopic (exact) mass is 290 g/mol. The number of H-pyrrole nitrogens is 1. The number of benzene rings is 1. The Labute approximate surface area is 121 Å². The van der Waals surface area contributed by atoms with Gasteiger partial charge in [-0.3, -0.25) is 9.59 Å². The van der Waals surface area contributed by atoms with E-state index in [0.29, 0.717) is 5.52 Å². The minimum Gasteiger partial charge on any atom is -0.513 e. The number of aliphatic carboxylic acids is 1. The molecule has 0 aliphatic rings. The third-order valence-corrected chi connectivity index (χ3v) is 2.68. The Hall–Kier alpha value is -2.63. The molecule has 1 aromatic heterocycles. The Morgan fingerprint density at radius 1 is 1.19 bits per heavy atom. The highest BCUT2D eigenvalue weighted by atomic mass is 16.4. The molecule has 21 heavy (non-hydrogen) atoms. The average Bonchev–Trinajstić information content (AvgIpc) is 2.31. The number of aryl methyl sites for hydroxylation is 2. The van der Waals surface area contributed by atoms with Gasteiger partial charge in [-0.1, -0.05) is 0 Å². The van der Waals surface area contributed by atoms with Gasteiger partial charge in [0.25, 0.3) is 11.5 Å². The van der Waals surface area contributed by atoms with E-state index in [0.717, 1.165) is 23.6 Å². The number of nitrogens with one attached hydrogen (secondary N) is 1. The molecule has 2 rings (SSSR count). The largest absolute Gasteiger partial charge is 0.513 e. The molecule has 0 amide bonds. The number of carbonyl (C=O) groups is 1. The lowest BCUT2D eigenvalue weighted by molar-refractivity contribution is -0.134. The maximum absolute atomic E-state index is 11.7. The van der Waals surface area contributed by atoms with Crippen LogP contribution in [0.2, 0.25) is 0 Å². The first-order valence-corrected chi connectivity index (χ1v) is 6.28. The van der Waals surface area contributed by atoms with Gasteiger partial charge < -0.3 is 15.2 Å². The van der Waals surface area contributed by atoms with Crippen molar-refractivity contribution in [1.29, 1.82) is 0 Å². The molecule has 0 unspecified atom stereocenters. The lowest BCUT2D eigenvalue weighted by Crippen LogP contribution is -2.12. The number of hydrogen-bond acceptors (Lipinski definition) is 4. The van der Waals surface area contributed by atoms with E-state index in [9.17, 15) is 4.79 Å². The van der Waals surface area contributed by atoms with Crippen molar-refractivity contribution in [1.82, 2.24) is 9.97 Å². The van der Waals surface area contributed by atoms with E-state index in [-0.39, 0.29) is 17.0 Å². The predicted octanol–water partition coefficient (Wildman–Crippen LogP) is 2.55. The topological polar surface area (TPSA) is 103 Å². The maximum Gasteiger partial charge on any atom is 0.300 e. The van der Waals surface area contributed by atoms with Gasteiger partial charge >= 0.3 is 0 Å². The number of aromatic amines is 1. The van der Waals surface area contributed by atoms with Crippen LogP contribution in [-0.2, 0) is 4.79 Å². The molecule has 1 heterocycles. The average molecular weight is 290 g/mol. The van der Waals surface area contributed by atoms with Crippen molar-refractivity contribution in [3.63, 3.8) is 0 Å². The first-order valence-electron chi connectivity index (χ1n) is 6.28. The minimum absolute atomic E-state index is 0.0613. The lowest BCUT2D eigenvalue weighted by atomic mass is 10.1. The van der Waals surface area contributed by atoms with Gasteiger partial charge in [0.1, 0.15) is 5.69 Å². The Morgan fingerprint density at radius 2 is 1.71 bits per heavy atom. The molecule has 0 spiro atoms. The number of rotatable bonds is 1. The number of fused-ring (bicyclic) bond motifs is 1. The van der Waals surface area contributed by atoms with E-state index in [1.54, 1.807) is 0 Å². The zero-order valence-electron chi connectivity index (χ0n) is 12.4. The van der Waals surface area contributed by atoms with Crippen LogP contribution < -0.4 is 5.56 Å². The van der Waals surface area contributed by atoms with Gasteiger partial charge in [-0.15, -0.1) is 0 Å². The molecular weight excluding hydrogens is 272 g/mol. The van der Waals surface area contributed by atoms with E-state index in [1.165, 1.54) is 13.0 Å². The van der Waals surface area contributed by atoms with Gasteiger partial charge in [-0.2, -0.15) is 0 Å². The first-order chi connectivity index (χ1) is 9.70. The fourth-order valence-corrected chi connectivity index (χ4v) is 1.66. The molecule has 0 aliphatic heterocycles. The van der Waals surface area contributed by atoms with Crippen molar-refractivity contribution in [2.24, 2.45) is 0 Å². The van der Waals surface area contributed by atoms with Crippen molar-refractivity contribution >= 4 is 23.1 Å². The number of nitrogens with zero attached hydrogens (tertiary/aromatic N) is 1. The maximum atomic E-state index is 11.7. The van der Waals surface area contributed by atoms with E-state index < -0.39 is 5.97 Å². The second-order valence-electron chi connectivity index (χ2n) is 4.71.